The lowest BCUT2D eigenvalue weighted by Crippen LogP contribution is -2.27. The maximum Gasteiger partial charge on any atom is 0.278 e. The SMILES string of the molecule is Cc1cc(Br)cc(C)c1-c1c(O)n2n(c1=O)CCCC2. The third-order valence-corrected chi connectivity index (χ3v) is 4.40. The van der Waals surface area contributed by atoms with Crippen LogP contribution in [0.4, 0.5) is 0 Å². The molecule has 1 N–H and O–H groups in total. The summed E-state index contributed by atoms with van der Waals surface area (Å²) in [5.74, 6) is 0.100. The fraction of sp³-hybridized carbons (Fsp3) is 0.400. The number of rotatable bonds is 1. The van der Waals surface area contributed by atoms with Gasteiger partial charge in [0, 0.05) is 17.6 Å². The number of aromatic nitrogens is 2. The van der Waals surface area contributed by atoms with Crippen molar-refractivity contribution in [1.29, 1.82) is 0 Å². The van der Waals surface area contributed by atoms with Crippen molar-refractivity contribution in [2.75, 3.05) is 0 Å². The molecular formula is C15H17BrN2O2. The van der Waals surface area contributed by atoms with E-state index in [1.165, 1.54) is 0 Å². The maximum atomic E-state index is 12.6. The fourth-order valence-corrected chi connectivity index (χ4v) is 3.76. The molecule has 1 aliphatic rings. The minimum Gasteiger partial charge on any atom is -0.493 e. The number of nitrogens with zero attached hydrogens (tertiary/aromatic N) is 2. The Hall–Kier alpha value is -1.49. The molecule has 1 aromatic carbocycles. The average Bonchev–Trinajstić information content (AvgIpc) is 2.64. The van der Waals surface area contributed by atoms with E-state index in [1.54, 1.807) is 9.36 Å². The van der Waals surface area contributed by atoms with Gasteiger partial charge in [0.1, 0.15) is 5.56 Å². The van der Waals surface area contributed by atoms with Gasteiger partial charge in [-0.05, 0) is 55.5 Å². The summed E-state index contributed by atoms with van der Waals surface area (Å²) in [6, 6.07) is 3.95. The van der Waals surface area contributed by atoms with Crippen molar-refractivity contribution in [3.63, 3.8) is 0 Å². The second-order valence-corrected chi connectivity index (χ2v) is 6.29. The molecule has 3 rings (SSSR count). The molecule has 1 aromatic heterocycles. The van der Waals surface area contributed by atoms with Gasteiger partial charge in [-0.15, -0.1) is 0 Å². The number of benzene rings is 1. The summed E-state index contributed by atoms with van der Waals surface area (Å²) >= 11 is 3.46. The van der Waals surface area contributed by atoms with Crippen LogP contribution in [-0.2, 0) is 13.1 Å². The van der Waals surface area contributed by atoms with Crippen LogP contribution in [0.2, 0.25) is 0 Å². The quantitative estimate of drug-likeness (QED) is 0.869. The van der Waals surface area contributed by atoms with Crippen LogP contribution in [0.15, 0.2) is 21.4 Å². The molecule has 0 spiro atoms. The number of fused-ring (bicyclic) bond motifs is 1. The van der Waals surface area contributed by atoms with Crippen molar-refractivity contribution in [1.82, 2.24) is 9.36 Å². The van der Waals surface area contributed by atoms with Gasteiger partial charge in [-0.2, -0.15) is 0 Å². The van der Waals surface area contributed by atoms with Crippen LogP contribution in [0.25, 0.3) is 11.1 Å². The molecule has 5 heteroatoms. The lowest BCUT2D eigenvalue weighted by molar-refractivity contribution is 0.305. The van der Waals surface area contributed by atoms with Gasteiger partial charge in [0.2, 0.25) is 5.88 Å². The first-order chi connectivity index (χ1) is 9.50. The van der Waals surface area contributed by atoms with E-state index in [-0.39, 0.29) is 11.4 Å². The van der Waals surface area contributed by atoms with Gasteiger partial charge in [-0.3, -0.25) is 9.48 Å². The van der Waals surface area contributed by atoms with Gasteiger partial charge in [0.15, 0.2) is 0 Å². The first-order valence-electron chi connectivity index (χ1n) is 6.80. The number of hydrogen-bond acceptors (Lipinski definition) is 2. The molecule has 2 heterocycles. The first-order valence-corrected chi connectivity index (χ1v) is 7.59. The molecule has 1 aliphatic heterocycles. The van der Waals surface area contributed by atoms with Crippen LogP contribution in [0.3, 0.4) is 0 Å². The topological polar surface area (TPSA) is 47.2 Å². The molecule has 0 atom stereocenters. The van der Waals surface area contributed by atoms with Gasteiger partial charge < -0.3 is 5.11 Å². The van der Waals surface area contributed by atoms with Crippen LogP contribution in [0.5, 0.6) is 5.88 Å². The highest BCUT2D eigenvalue weighted by atomic mass is 79.9. The largest absolute Gasteiger partial charge is 0.493 e. The fourth-order valence-electron chi connectivity index (χ4n) is 3.07. The highest BCUT2D eigenvalue weighted by Crippen LogP contribution is 2.34. The first kappa shape index (κ1) is 13.5. The van der Waals surface area contributed by atoms with E-state index in [0.29, 0.717) is 18.7 Å². The second-order valence-electron chi connectivity index (χ2n) is 5.37. The standard InChI is InChI=1S/C15H17BrN2O2/c1-9-7-11(16)8-10(2)12(9)13-14(19)17-5-3-4-6-18(17)15(13)20/h7-8,19H,3-6H2,1-2H3. The monoisotopic (exact) mass is 336 g/mol. The molecule has 0 saturated carbocycles. The normalized spacial score (nSPS) is 14.3. The van der Waals surface area contributed by atoms with Gasteiger partial charge in [0.05, 0.1) is 0 Å². The Bertz CT molecular complexity index is 720. The van der Waals surface area contributed by atoms with Gasteiger partial charge in [-0.25, -0.2) is 4.68 Å². The summed E-state index contributed by atoms with van der Waals surface area (Å²) in [6.07, 6.45) is 1.99. The van der Waals surface area contributed by atoms with Crippen molar-refractivity contribution in [3.05, 3.63) is 38.1 Å². The molecule has 4 nitrogen and oxygen atoms in total. The minimum absolute atomic E-state index is 0.0873. The van der Waals surface area contributed by atoms with Crippen LogP contribution >= 0.6 is 15.9 Å². The number of hydrogen-bond donors (Lipinski definition) is 1. The highest BCUT2D eigenvalue weighted by molar-refractivity contribution is 9.10. The van der Waals surface area contributed by atoms with Gasteiger partial charge >= 0.3 is 0 Å². The Morgan fingerprint density at radius 3 is 2.15 bits per heavy atom. The second kappa shape index (κ2) is 4.81. The van der Waals surface area contributed by atoms with Crippen molar-refractivity contribution in [2.24, 2.45) is 0 Å². The number of halogens is 1. The summed E-state index contributed by atoms with van der Waals surface area (Å²) in [7, 11) is 0. The smallest absolute Gasteiger partial charge is 0.278 e. The van der Waals surface area contributed by atoms with Crippen LogP contribution in [-0.4, -0.2) is 14.5 Å². The molecule has 0 unspecified atom stereocenters. The lowest BCUT2D eigenvalue weighted by atomic mass is 9.98. The Morgan fingerprint density at radius 1 is 1.05 bits per heavy atom. The molecule has 0 aliphatic carbocycles. The van der Waals surface area contributed by atoms with Gasteiger partial charge in [0.25, 0.3) is 5.56 Å². The Balaban J connectivity index is 2.32. The lowest BCUT2D eigenvalue weighted by Gasteiger charge is -2.16. The molecule has 20 heavy (non-hydrogen) atoms. The summed E-state index contributed by atoms with van der Waals surface area (Å²) in [4.78, 5) is 12.6. The molecule has 0 radical (unpaired) electrons. The van der Waals surface area contributed by atoms with E-state index in [2.05, 4.69) is 15.9 Å². The van der Waals surface area contributed by atoms with E-state index in [9.17, 15) is 9.90 Å². The summed E-state index contributed by atoms with van der Waals surface area (Å²) < 4.78 is 4.36. The van der Waals surface area contributed by atoms with Gasteiger partial charge in [-0.1, -0.05) is 15.9 Å². The predicted molar refractivity (Wildman–Crippen MR) is 82.2 cm³/mol. The van der Waals surface area contributed by atoms with Crippen LogP contribution < -0.4 is 5.56 Å². The summed E-state index contributed by atoms with van der Waals surface area (Å²) in [6.45, 7) is 5.32. The summed E-state index contributed by atoms with van der Waals surface area (Å²) in [5, 5.41) is 10.5. The van der Waals surface area contributed by atoms with Crippen LogP contribution in [0.1, 0.15) is 24.0 Å². The zero-order chi connectivity index (χ0) is 14.4. The number of aromatic hydroxyl groups is 1. The van der Waals surface area contributed by atoms with E-state index in [1.807, 2.05) is 26.0 Å². The Kier molecular flexibility index (Phi) is 3.24. The third kappa shape index (κ3) is 1.92. The molecule has 106 valence electrons. The van der Waals surface area contributed by atoms with Crippen molar-refractivity contribution in [3.8, 4) is 17.0 Å². The van der Waals surface area contributed by atoms with E-state index in [4.69, 9.17) is 0 Å². The zero-order valence-electron chi connectivity index (χ0n) is 11.6. The predicted octanol–water partition coefficient (Wildman–Crippen LogP) is 3.20. The Labute approximate surface area is 125 Å². The molecule has 0 saturated heterocycles. The molecular weight excluding hydrogens is 320 g/mol. The molecule has 0 bridgehead atoms. The van der Waals surface area contributed by atoms with Crippen molar-refractivity contribution < 1.29 is 5.11 Å². The summed E-state index contributed by atoms with van der Waals surface area (Å²) in [5.41, 5.74) is 3.19. The van der Waals surface area contributed by atoms with Crippen molar-refractivity contribution >= 4 is 15.9 Å². The molecule has 0 amide bonds. The maximum absolute atomic E-state index is 12.6. The zero-order valence-corrected chi connectivity index (χ0v) is 13.2. The molecule has 0 fully saturated rings. The van der Waals surface area contributed by atoms with E-state index in [0.717, 1.165) is 34.0 Å². The van der Waals surface area contributed by atoms with Crippen LogP contribution in [0, 0.1) is 13.8 Å². The third-order valence-electron chi connectivity index (χ3n) is 3.95. The van der Waals surface area contributed by atoms with Crippen molar-refractivity contribution in [2.45, 2.75) is 39.8 Å². The molecule has 2 aromatic rings. The Morgan fingerprint density at radius 2 is 1.60 bits per heavy atom. The average molecular weight is 337 g/mol. The van der Waals surface area contributed by atoms with E-state index < -0.39 is 0 Å². The van der Waals surface area contributed by atoms with E-state index >= 15 is 0 Å². The number of aryl methyl sites for hydroxylation is 2. The highest BCUT2D eigenvalue weighted by Gasteiger charge is 2.24. The minimum atomic E-state index is -0.0873.